The maximum atomic E-state index is 6.09. The molecular formula is C19H22IN5. The third kappa shape index (κ3) is 3.95. The molecule has 0 saturated carbocycles. The Morgan fingerprint density at radius 1 is 1.16 bits per heavy atom. The molecule has 3 N–H and O–H groups in total. The predicted octanol–water partition coefficient (Wildman–Crippen LogP) is 3.76. The van der Waals surface area contributed by atoms with Gasteiger partial charge in [0.05, 0.1) is 12.2 Å². The number of benzene rings is 1. The second-order valence-electron chi connectivity index (χ2n) is 6.18. The normalized spacial score (nSPS) is 14.0. The first-order valence-corrected chi connectivity index (χ1v) is 8.40. The van der Waals surface area contributed by atoms with Crippen LogP contribution >= 0.6 is 24.0 Å². The van der Waals surface area contributed by atoms with Gasteiger partial charge in [-0.05, 0) is 55.0 Å². The number of aromatic nitrogens is 2. The fourth-order valence-electron chi connectivity index (χ4n) is 3.31. The van der Waals surface area contributed by atoms with E-state index in [9.17, 15) is 0 Å². The number of halogens is 1. The lowest BCUT2D eigenvalue weighted by atomic mass is 9.90. The number of imidazole rings is 1. The van der Waals surface area contributed by atoms with Gasteiger partial charge in [-0.1, -0.05) is 18.2 Å². The van der Waals surface area contributed by atoms with E-state index in [1.165, 1.54) is 24.0 Å². The van der Waals surface area contributed by atoms with Crippen LogP contribution in [-0.4, -0.2) is 15.3 Å². The fraction of sp³-hybridized carbons (Fsp3) is 0.263. The molecule has 0 unspecified atom stereocenters. The fourth-order valence-corrected chi connectivity index (χ4v) is 3.31. The van der Waals surface area contributed by atoms with E-state index in [0.717, 1.165) is 29.9 Å². The quantitative estimate of drug-likeness (QED) is 0.365. The first-order valence-electron chi connectivity index (χ1n) is 8.40. The van der Waals surface area contributed by atoms with Crippen LogP contribution in [0, 0.1) is 0 Å². The minimum atomic E-state index is 0. The van der Waals surface area contributed by atoms with E-state index in [-0.39, 0.29) is 24.0 Å². The average Bonchev–Trinajstić information content (AvgIpc) is 3.03. The zero-order chi connectivity index (χ0) is 16.4. The maximum absolute atomic E-state index is 6.09. The molecule has 5 nitrogen and oxygen atoms in total. The van der Waals surface area contributed by atoms with Crippen molar-refractivity contribution in [1.29, 1.82) is 0 Å². The van der Waals surface area contributed by atoms with Crippen molar-refractivity contribution in [3.8, 4) is 0 Å². The second-order valence-corrected chi connectivity index (χ2v) is 6.18. The van der Waals surface area contributed by atoms with E-state index in [4.69, 9.17) is 5.73 Å². The molecule has 0 fully saturated rings. The van der Waals surface area contributed by atoms with Crippen LogP contribution in [0.25, 0.3) is 5.65 Å². The van der Waals surface area contributed by atoms with E-state index < -0.39 is 0 Å². The lowest BCUT2D eigenvalue weighted by molar-refractivity contribution is 0.687. The molecule has 0 aliphatic heterocycles. The molecule has 0 atom stereocenters. The van der Waals surface area contributed by atoms with Crippen molar-refractivity contribution in [2.45, 2.75) is 32.2 Å². The van der Waals surface area contributed by atoms with Gasteiger partial charge in [-0.25, -0.2) is 9.98 Å². The average molecular weight is 447 g/mol. The summed E-state index contributed by atoms with van der Waals surface area (Å²) in [5.74, 6) is 0.436. The van der Waals surface area contributed by atoms with Crippen molar-refractivity contribution in [3.05, 3.63) is 65.6 Å². The van der Waals surface area contributed by atoms with E-state index in [0.29, 0.717) is 12.5 Å². The smallest absolute Gasteiger partial charge is 0.193 e. The molecule has 2 aromatic heterocycles. The van der Waals surface area contributed by atoms with Crippen molar-refractivity contribution >= 4 is 41.3 Å². The minimum Gasteiger partial charge on any atom is -0.370 e. The Bertz CT molecular complexity index is 867. The molecule has 6 heteroatoms. The molecule has 4 rings (SSSR count). The molecule has 0 bridgehead atoms. The lowest BCUT2D eigenvalue weighted by Crippen LogP contribution is -2.24. The van der Waals surface area contributed by atoms with Crippen molar-refractivity contribution in [2.24, 2.45) is 10.7 Å². The van der Waals surface area contributed by atoms with Crippen molar-refractivity contribution < 1.29 is 0 Å². The van der Waals surface area contributed by atoms with Gasteiger partial charge in [-0.3, -0.25) is 0 Å². The van der Waals surface area contributed by atoms with Gasteiger partial charge in [-0.15, -0.1) is 24.0 Å². The highest BCUT2D eigenvalue weighted by Crippen LogP contribution is 2.27. The first-order chi connectivity index (χ1) is 11.8. The highest BCUT2D eigenvalue weighted by atomic mass is 127. The Hall–Kier alpha value is -2.09. The molecule has 1 aliphatic carbocycles. The van der Waals surface area contributed by atoms with E-state index in [2.05, 4.69) is 33.5 Å². The number of aliphatic imine (C=N–C) groups is 1. The van der Waals surface area contributed by atoms with E-state index in [1.807, 2.05) is 35.0 Å². The number of hydrogen-bond donors (Lipinski definition) is 2. The molecule has 1 aliphatic rings. The molecule has 130 valence electrons. The zero-order valence-corrected chi connectivity index (χ0v) is 16.3. The Morgan fingerprint density at radius 2 is 2.04 bits per heavy atom. The van der Waals surface area contributed by atoms with Crippen LogP contribution in [0.4, 0.5) is 5.69 Å². The molecule has 3 aromatic rings. The number of nitrogens with zero attached hydrogens (tertiary/aromatic N) is 3. The summed E-state index contributed by atoms with van der Waals surface area (Å²) in [4.78, 5) is 8.98. The van der Waals surface area contributed by atoms with Crippen molar-refractivity contribution in [1.82, 2.24) is 9.38 Å². The van der Waals surface area contributed by atoms with Crippen molar-refractivity contribution in [2.75, 3.05) is 5.32 Å². The van der Waals surface area contributed by atoms with Crippen LogP contribution in [0.1, 0.15) is 29.7 Å². The highest BCUT2D eigenvalue weighted by molar-refractivity contribution is 14.0. The number of fused-ring (bicyclic) bond motifs is 2. The summed E-state index contributed by atoms with van der Waals surface area (Å²) >= 11 is 0. The van der Waals surface area contributed by atoms with Gasteiger partial charge >= 0.3 is 0 Å². The van der Waals surface area contributed by atoms with Gasteiger partial charge in [-0.2, -0.15) is 0 Å². The van der Waals surface area contributed by atoms with Gasteiger partial charge < -0.3 is 15.5 Å². The topological polar surface area (TPSA) is 67.7 Å². The summed E-state index contributed by atoms with van der Waals surface area (Å²) in [5.41, 5.74) is 11.8. The molecule has 0 saturated heterocycles. The van der Waals surface area contributed by atoms with Crippen LogP contribution in [0.2, 0.25) is 0 Å². The van der Waals surface area contributed by atoms with Crippen LogP contribution in [0.3, 0.4) is 0 Å². The molecule has 0 spiro atoms. The SMILES string of the molecule is I.NC(=NCc1cn2ccccc2n1)Nc1cccc2c1CCCC2. The van der Waals surface area contributed by atoms with Crippen LogP contribution < -0.4 is 11.1 Å². The molecular weight excluding hydrogens is 425 g/mol. The van der Waals surface area contributed by atoms with Crippen LogP contribution in [0.15, 0.2) is 53.8 Å². The number of anilines is 1. The Balaban J connectivity index is 0.00000182. The molecule has 2 heterocycles. The van der Waals surface area contributed by atoms with Crippen molar-refractivity contribution in [3.63, 3.8) is 0 Å². The molecule has 0 amide bonds. The van der Waals surface area contributed by atoms with Gasteiger partial charge in [0, 0.05) is 18.1 Å². The van der Waals surface area contributed by atoms with E-state index >= 15 is 0 Å². The monoisotopic (exact) mass is 447 g/mol. The number of guanidine groups is 1. The summed E-state index contributed by atoms with van der Waals surface area (Å²) in [6.07, 6.45) is 8.74. The Kier molecular flexibility index (Phi) is 5.57. The van der Waals surface area contributed by atoms with Crippen LogP contribution in [-0.2, 0) is 19.4 Å². The van der Waals surface area contributed by atoms with Gasteiger partial charge in [0.2, 0.25) is 0 Å². The molecule has 25 heavy (non-hydrogen) atoms. The summed E-state index contributed by atoms with van der Waals surface area (Å²) < 4.78 is 1.99. The number of rotatable bonds is 3. The zero-order valence-electron chi connectivity index (χ0n) is 14.0. The largest absolute Gasteiger partial charge is 0.370 e. The number of aryl methyl sites for hydroxylation is 1. The second kappa shape index (κ2) is 7.86. The minimum absolute atomic E-state index is 0. The number of nitrogens with one attached hydrogen (secondary N) is 1. The summed E-state index contributed by atoms with van der Waals surface area (Å²) in [6, 6.07) is 12.3. The number of nitrogens with two attached hydrogens (primary N) is 1. The Morgan fingerprint density at radius 3 is 2.92 bits per heavy atom. The highest BCUT2D eigenvalue weighted by Gasteiger charge is 2.13. The standard InChI is InChI=1S/C19H21N5.HI/c20-19(21-12-15-13-24-11-4-3-10-18(24)22-15)23-17-9-5-7-14-6-1-2-8-16(14)17;/h3-5,7,9-11,13H,1-2,6,8,12H2,(H3,20,21,23);1H. The maximum Gasteiger partial charge on any atom is 0.193 e. The third-order valence-corrected chi connectivity index (χ3v) is 4.48. The predicted molar refractivity (Wildman–Crippen MR) is 113 cm³/mol. The number of hydrogen-bond acceptors (Lipinski definition) is 2. The Labute approximate surface area is 164 Å². The van der Waals surface area contributed by atoms with Gasteiger partial charge in [0.25, 0.3) is 0 Å². The molecule has 0 radical (unpaired) electrons. The van der Waals surface area contributed by atoms with Crippen LogP contribution in [0.5, 0.6) is 0 Å². The summed E-state index contributed by atoms with van der Waals surface area (Å²) in [7, 11) is 0. The third-order valence-electron chi connectivity index (χ3n) is 4.48. The summed E-state index contributed by atoms with van der Waals surface area (Å²) in [5, 5.41) is 3.27. The van der Waals surface area contributed by atoms with Gasteiger partial charge in [0.1, 0.15) is 5.65 Å². The first kappa shape index (κ1) is 17.7. The number of pyridine rings is 1. The van der Waals surface area contributed by atoms with E-state index in [1.54, 1.807) is 0 Å². The van der Waals surface area contributed by atoms with Gasteiger partial charge in [0.15, 0.2) is 5.96 Å². The summed E-state index contributed by atoms with van der Waals surface area (Å²) in [6.45, 7) is 0.468. The lowest BCUT2D eigenvalue weighted by Gasteiger charge is -2.19. The molecule has 1 aromatic carbocycles.